The van der Waals surface area contributed by atoms with Gasteiger partial charge in [-0.25, -0.2) is 9.37 Å². The van der Waals surface area contributed by atoms with Crippen molar-refractivity contribution in [3.05, 3.63) is 35.2 Å². The van der Waals surface area contributed by atoms with Gasteiger partial charge in [0.15, 0.2) is 0 Å². The number of halogens is 4. The fraction of sp³-hybridized carbons (Fsp3) is 0.421. The Hall–Kier alpha value is -2.40. The van der Waals surface area contributed by atoms with Gasteiger partial charge in [-0.15, -0.1) is 10.2 Å². The highest BCUT2D eigenvalue weighted by Crippen LogP contribution is 2.35. The number of hydrogen-bond donors (Lipinski definition) is 1. The molecule has 4 rings (SSSR count). The molecule has 0 saturated carbocycles. The third-order valence-electron chi connectivity index (χ3n) is 5.02. The molecule has 0 amide bonds. The summed E-state index contributed by atoms with van der Waals surface area (Å²) in [6.07, 6.45) is 2.57. The van der Waals surface area contributed by atoms with Crippen molar-refractivity contribution < 1.29 is 17.9 Å². The Morgan fingerprint density at radius 1 is 1.30 bits per heavy atom. The Morgan fingerprint density at radius 3 is 2.90 bits per heavy atom. The average Bonchev–Trinajstić information content (AvgIpc) is 3.18. The number of piperidine rings is 1. The molecule has 1 aromatic carbocycles. The van der Waals surface area contributed by atoms with Crippen molar-refractivity contribution in [1.82, 2.24) is 24.5 Å². The van der Waals surface area contributed by atoms with Crippen LogP contribution in [-0.2, 0) is 0 Å². The molecule has 0 radical (unpaired) electrons. The SMILES string of the molecule is CCN1C[C@H](F)C[C@@H](Nc2nnc(-c3ccc(Br)cc3OC(F)F)c3cncn23)C1. The van der Waals surface area contributed by atoms with Crippen molar-refractivity contribution in [1.29, 1.82) is 0 Å². The quantitative estimate of drug-likeness (QED) is 0.570. The van der Waals surface area contributed by atoms with Crippen molar-refractivity contribution >= 4 is 27.4 Å². The number of nitrogens with zero attached hydrogens (tertiary/aromatic N) is 5. The molecule has 11 heteroatoms. The van der Waals surface area contributed by atoms with E-state index in [4.69, 9.17) is 0 Å². The molecule has 0 bridgehead atoms. The van der Waals surface area contributed by atoms with E-state index in [1.807, 2.05) is 11.8 Å². The van der Waals surface area contributed by atoms with Crippen molar-refractivity contribution in [2.24, 2.45) is 0 Å². The molecular formula is C19H20BrF3N6O. The number of likely N-dealkylation sites (N-methyl/N-ethyl adjacent to an activating group) is 1. The minimum Gasteiger partial charge on any atom is -0.434 e. The van der Waals surface area contributed by atoms with E-state index in [9.17, 15) is 13.2 Å². The van der Waals surface area contributed by atoms with E-state index in [0.717, 1.165) is 6.54 Å². The van der Waals surface area contributed by atoms with Crippen LogP contribution in [0.4, 0.5) is 19.1 Å². The number of aromatic nitrogens is 4. The second-order valence-corrected chi connectivity index (χ2v) is 7.98. The Balaban J connectivity index is 1.69. The zero-order chi connectivity index (χ0) is 21.3. The first-order valence-electron chi connectivity index (χ1n) is 9.51. The van der Waals surface area contributed by atoms with Gasteiger partial charge in [0.1, 0.15) is 23.9 Å². The van der Waals surface area contributed by atoms with Crippen LogP contribution in [0.25, 0.3) is 16.8 Å². The normalized spacial score (nSPS) is 20.1. The molecule has 1 N–H and O–H groups in total. The molecule has 0 aliphatic carbocycles. The fourth-order valence-electron chi connectivity index (χ4n) is 3.68. The van der Waals surface area contributed by atoms with E-state index >= 15 is 0 Å². The van der Waals surface area contributed by atoms with Gasteiger partial charge in [-0.2, -0.15) is 8.78 Å². The van der Waals surface area contributed by atoms with Gasteiger partial charge in [0.2, 0.25) is 5.95 Å². The zero-order valence-electron chi connectivity index (χ0n) is 16.1. The number of ether oxygens (including phenoxy) is 1. The zero-order valence-corrected chi connectivity index (χ0v) is 17.7. The third kappa shape index (κ3) is 4.36. The summed E-state index contributed by atoms with van der Waals surface area (Å²) in [5.41, 5.74) is 1.28. The van der Waals surface area contributed by atoms with Gasteiger partial charge in [0, 0.05) is 35.6 Å². The van der Waals surface area contributed by atoms with E-state index in [1.165, 1.54) is 6.07 Å². The number of nitrogens with one attached hydrogen (secondary N) is 1. The molecule has 0 unspecified atom stereocenters. The molecule has 2 atom stereocenters. The second-order valence-electron chi connectivity index (χ2n) is 7.07. The van der Waals surface area contributed by atoms with Crippen molar-refractivity contribution in [3.63, 3.8) is 0 Å². The first-order chi connectivity index (χ1) is 14.4. The highest BCUT2D eigenvalue weighted by Gasteiger charge is 2.27. The van der Waals surface area contributed by atoms with Crippen molar-refractivity contribution in [3.8, 4) is 17.0 Å². The first-order valence-corrected chi connectivity index (χ1v) is 10.3. The highest BCUT2D eigenvalue weighted by atomic mass is 79.9. The summed E-state index contributed by atoms with van der Waals surface area (Å²) in [7, 11) is 0. The lowest BCUT2D eigenvalue weighted by Crippen LogP contribution is -2.47. The summed E-state index contributed by atoms with van der Waals surface area (Å²) in [6.45, 7) is 0.899. The monoisotopic (exact) mass is 484 g/mol. The minimum absolute atomic E-state index is 0.0244. The standard InChI is InChI=1S/C19H20BrF3N6O/c1-2-28-8-12(21)6-13(9-28)25-19-27-26-17(15-7-24-10-29(15)19)14-4-3-11(20)5-16(14)30-18(22)23/h3-5,7,10,12-13,18H,2,6,8-9H2,1H3,(H,25,27)/t12-,13-/m1/s1. The predicted octanol–water partition coefficient (Wildman–Crippen LogP) is 4.00. The van der Waals surface area contributed by atoms with Gasteiger partial charge >= 0.3 is 6.61 Å². The topological polar surface area (TPSA) is 67.6 Å². The molecule has 2 aromatic heterocycles. The van der Waals surface area contributed by atoms with Gasteiger partial charge in [0.25, 0.3) is 0 Å². The van der Waals surface area contributed by atoms with E-state index in [0.29, 0.717) is 46.7 Å². The van der Waals surface area contributed by atoms with Gasteiger partial charge in [-0.05, 0) is 24.7 Å². The van der Waals surface area contributed by atoms with E-state index < -0.39 is 12.8 Å². The first kappa shape index (κ1) is 20.9. The Labute approximate surface area is 179 Å². The Kier molecular flexibility index (Phi) is 6.09. The van der Waals surface area contributed by atoms with E-state index in [1.54, 1.807) is 29.1 Å². The van der Waals surface area contributed by atoms with E-state index in [-0.39, 0.29) is 11.8 Å². The minimum atomic E-state index is -2.98. The Morgan fingerprint density at radius 2 is 2.13 bits per heavy atom. The largest absolute Gasteiger partial charge is 0.434 e. The number of benzene rings is 1. The van der Waals surface area contributed by atoms with Gasteiger partial charge in [0.05, 0.1) is 11.7 Å². The molecular weight excluding hydrogens is 465 g/mol. The summed E-state index contributed by atoms with van der Waals surface area (Å²) >= 11 is 3.26. The lowest BCUT2D eigenvalue weighted by Gasteiger charge is -2.34. The van der Waals surface area contributed by atoms with Crippen LogP contribution in [-0.4, -0.2) is 62.9 Å². The maximum atomic E-state index is 14.1. The number of fused-ring (bicyclic) bond motifs is 1. The average molecular weight is 485 g/mol. The highest BCUT2D eigenvalue weighted by molar-refractivity contribution is 9.10. The molecule has 1 saturated heterocycles. The second kappa shape index (κ2) is 8.76. The molecule has 30 heavy (non-hydrogen) atoms. The molecule has 1 aliphatic rings. The van der Waals surface area contributed by atoms with Crippen LogP contribution < -0.4 is 10.1 Å². The predicted molar refractivity (Wildman–Crippen MR) is 110 cm³/mol. The summed E-state index contributed by atoms with van der Waals surface area (Å²) in [6, 6.07) is 4.65. The molecule has 0 spiro atoms. The molecule has 1 fully saturated rings. The van der Waals surface area contributed by atoms with Gasteiger partial charge in [-0.1, -0.05) is 22.9 Å². The van der Waals surface area contributed by atoms with Crippen molar-refractivity contribution in [2.75, 3.05) is 25.0 Å². The lowest BCUT2D eigenvalue weighted by atomic mass is 10.0. The van der Waals surface area contributed by atoms with E-state index in [2.05, 4.69) is 41.2 Å². The van der Waals surface area contributed by atoms with Crippen molar-refractivity contribution in [2.45, 2.75) is 32.2 Å². The molecule has 3 heterocycles. The molecule has 3 aromatic rings. The number of imidazole rings is 1. The van der Waals surface area contributed by atoms with Crippen LogP contribution >= 0.6 is 15.9 Å². The van der Waals surface area contributed by atoms with Gasteiger partial charge in [-0.3, -0.25) is 9.30 Å². The molecule has 160 valence electrons. The van der Waals surface area contributed by atoms with Crippen LogP contribution in [0.1, 0.15) is 13.3 Å². The molecule has 7 nitrogen and oxygen atoms in total. The summed E-state index contributed by atoms with van der Waals surface area (Å²) < 4.78 is 46.8. The fourth-order valence-corrected chi connectivity index (χ4v) is 4.02. The van der Waals surface area contributed by atoms with Gasteiger partial charge < -0.3 is 10.1 Å². The van der Waals surface area contributed by atoms with Crippen LogP contribution in [0.15, 0.2) is 35.2 Å². The lowest BCUT2D eigenvalue weighted by molar-refractivity contribution is -0.0495. The number of likely N-dealkylation sites (tertiary alicyclic amines) is 1. The maximum Gasteiger partial charge on any atom is 0.387 e. The van der Waals surface area contributed by atoms with Crippen LogP contribution in [0.2, 0.25) is 0 Å². The summed E-state index contributed by atoms with van der Waals surface area (Å²) in [5, 5.41) is 11.7. The summed E-state index contributed by atoms with van der Waals surface area (Å²) in [5.74, 6) is 0.387. The number of hydrogen-bond acceptors (Lipinski definition) is 6. The number of alkyl halides is 3. The van der Waals surface area contributed by atoms with Crippen LogP contribution in [0.3, 0.4) is 0 Å². The Bertz CT molecular complexity index is 1030. The third-order valence-corrected chi connectivity index (χ3v) is 5.52. The number of rotatable bonds is 6. The molecule has 1 aliphatic heterocycles. The van der Waals surface area contributed by atoms with Crippen LogP contribution in [0.5, 0.6) is 5.75 Å². The number of anilines is 1. The maximum absolute atomic E-state index is 14.1. The van der Waals surface area contributed by atoms with Crippen LogP contribution in [0, 0.1) is 0 Å². The smallest absolute Gasteiger partial charge is 0.387 e. The summed E-state index contributed by atoms with van der Waals surface area (Å²) in [4.78, 5) is 6.19.